The molecule has 4 aromatic rings. The van der Waals surface area contributed by atoms with Crippen molar-refractivity contribution in [1.29, 1.82) is 0 Å². The van der Waals surface area contributed by atoms with Crippen molar-refractivity contribution in [2.24, 2.45) is 0 Å². The van der Waals surface area contributed by atoms with Gasteiger partial charge in [0.1, 0.15) is 5.58 Å². The van der Waals surface area contributed by atoms with E-state index in [1.807, 2.05) is 29.7 Å². The van der Waals surface area contributed by atoms with Crippen molar-refractivity contribution in [2.45, 2.75) is 18.6 Å². The quantitative estimate of drug-likeness (QED) is 0.290. The third-order valence-electron chi connectivity index (χ3n) is 4.27. The molecule has 1 amide bonds. The molecular formula is C20H15BrCl2N4O2S. The molecule has 4 rings (SSSR count). The van der Waals surface area contributed by atoms with Crippen LogP contribution in [0.25, 0.3) is 22.6 Å². The van der Waals surface area contributed by atoms with Crippen LogP contribution in [0.4, 0.5) is 5.69 Å². The van der Waals surface area contributed by atoms with E-state index in [9.17, 15) is 4.79 Å². The molecule has 6 nitrogen and oxygen atoms in total. The van der Waals surface area contributed by atoms with Crippen molar-refractivity contribution in [3.63, 3.8) is 0 Å². The minimum absolute atomic E-state index is 0.163. The molecule has 2 aromatic heterocycles. The molecule has 0 bridgehead atoms. The van der Waals surface area contributed by atoms with Gasteiger partial charge in [-0.15, -0.1) is 10.2 Å². The van der Waals surface area contributed by atoms with E-state index in [2.05, 4.69) is 31.4 Å². The highest BCUT2D eigenvalue weighted by Crippen LogP contribution is 2.31. The number of rotatable bonds is 6. The highest BCUT2D eigenvalue weighted by atomic mass is 79.9. The number of aromatic nitrogens is 3. The number of anilines is 1. The number of fused-ring (bicyclic) bond motifs is 1. The van der Waals surface area contributed by atoms with Crippen LogP contribution in [0, 0.1) is 0 Å². The molecule has 0 aliphatic carbocycles. The Kier molecular flexibility index (Phi) is 6.38. The zero-order valence-corrected chi connectivity index (χ0v) is 19.6. The molecule has 0 spiro atoms. The summed E-state index contributed by atoms with van der Waals surface area (Å²) in [6, 6.07) is 12.6. The van der Waals surface area contributed by atoms with Crippen molar-refractivity contribution in [3.8, 4) is 11.6 Å². The normalized spacial score (nSPS) is 11.2. The van der Waals surface area contributed by atoms with E-state index in [0.717, 1.165) is 15.4 Å². The molecule has 1 N–H and O–H groups in total. The van der Waals surface area contributed by atoms with Crippen LogP contribution in [-0.4, -0.2) is 26.4 Å². The average Bonchev–Trinajstić information content (AvgIpc) is 3.32. The Labute approximate surface area is 195 Å². The summed E-state index contributed by atoms with van der Waals surface area (Å²) in [6.45, 7) is 2.62. The summed E-state index contributed by atoms with van der Waals surface area (Å²) in [5.74, 6) is 1.22. The number of hydrogen-bond acceptors (Lipinski definition) is 5. The molecule has 0 aliphatic heterocycles. The molecule has 0 radical (unpaired) electrons. The topological polar surface area (TPSA) is 73.0 Å². The van der Waals surface area contributed by atoms with Crippen molar-refractivity contribution in [3.05, 3.63) is 57.0 Å². The van der Waals surface area contributed by atoms with Crippen molar-refractivity contribution in [2.75, 3.05) is 11.1 Å². The number of carbonyl (C=O) groups is 1. The number of amides is 1. The summed E-state index contributed by atoms with van der Waals surface area (Å²) in [5.41, 5.74) is 1.36. The number of furan rings is 1. The Balaban J connectivity index is 1.49. The molecule has 0 saturated carbocycles. The van der Waals surface area contributed by atoms with Gasteiger partial charge < -0.3 is 9.73 Å². The van der Waals surface area contributed by atoms with E-state index in [-0.39, 0.29) is 11.7 Å². The van der Waals surface area contributed by atoms with Crippen molar-refractivity contribution < 1.29 is 9.21 Å². The highest BCUT2D eigenvalue weighted by Gasteiger charge is 2.18. The van der Waals surface area contributed by atoms with Crippen LogP contribution in [0.3, 0.4) is 0 Å². The van der Waals surface area contributed by atoms with Crippen LogP contribution in [0.15, 0.2) is 56.5 Å². The second-order valence-corrected chi connectivity index (χ2v) is 8.95. The van der Waals surface area contributed by atoms with Crippen LogP contribution in [0.2, 0.25) is 10.0 Å². The minimum atomic E-state index is -0.163. The Morgan fingerprint density at radius 3 is 2.80 bits per heavy atom. The first kappa shape index (κ1) is 21.2. The first-order valence-electron chi connectivity index (χ1n) is 8.95. The van der Waals surface area contributed by atoms with E-state index in [1.165, 1.54) is 11.8 Å². The molecule has 0 unspecified atom stereocenters. The second-order valence-electron chi connectivity index (χ2n) is 6.31. The first-order chi connectivity index (χ1) is 14.4. The Morgan fingerprint density at radius 2 is 2.03 bits per heavy atom. The summed E-state index contributed by atoms with van der Waals surface area (Å²) in [4.78, 5) is 12.3. The minimum Gasteiger partial charge on any atom is -0.453 e. The van der Waals surface area contributed by atoms with Crippen LogP contribution in [0.5, 0.6) is 0 Å². The van der Waals surface area contributed by atoms with Crippen LogP contribution in [0.1, 0.15) is 6.92 Å². The zero-order valence-electron chi connectivity index (χ0n) is 15.7. The number of benzene rings is 2. The molecule has 0 fully saturated rings. The molecule has 0 saturated heterocycles. The van der Waals surface area contributed by atoms with Crippen LogP contribution < -0.4 is 5.32 Å². The Morgan fingerprint density at radius 1 is 1.20 bits per heavy atom. The molecular weight excluding hydrogens is 511 g/mol. The van der Waals surface area contributed by atoms with Gasteiger partial charge in [-0.1, -0.05) is 35.0 Å². The number of nitrogens with one attached hydrogen (secondary N) is 1. The monoisotopic (exact) mass is 524 g/mol. The van der Waals surface area contributed by atoms with E-state index in [0.29, 0.717) is 39.0 Å². The standard InChI is InChI=1S/C20H15BrCl2N4O2S/c1-2-27-19(17-8-11-7-12(22)3-6-16(11)29-17)25-26-20(27)30-10-18(28)24-13-4-5-14(21)15(23)9-13/h3-9H,2,10H2,1H3,(H,24,28). The number of carbonyl (C=O) groups excluding carboxylic acids is 1. The first-order valence-corrected chi connectivity index (χ1v) is 11.5. The van der Waals surface area contributed by atoms with E-state index in [1.54, 1.807) is 24.3 Å². The summed E-state index contributed by atoms with van der Waals surface area (Å²) < 4.78 is 8.59. The number of thioether (sulfide) groups is 1. The fourth-order valence-corrected chi connectivity index (χ4v) is 4.30. The fourth-order valence-electron chi connectivity index (χ4n) is 2.89. The maximum Gasteiger partial charge on any atom is 0.234 e. The lowest BCUT2D eigenvalue weighted by Gasteiger charge is -2.07. The predicted octanol–water partition coefficient (Wildman–Crippen LogP) is 6.51. The third kappa shape index (κ3) is 4.51. The molecule has 30 heavy (non-hydrogen) atoms. The maximum absolute atomic E-state index is 12.3. The summed E-state index contributed by atoms with van der Waals surface area (Å²) in [5, 5.41) is 14.0. The number of hydrogen-bond donors (Lipinski definition) is 1. The predicted molar refractivity (Wildman–Crippen MR) is 124 cm³/mol. The summed E-state index contributed by atoms with van der Waals surface area (Å²) >= 11 is 16.8. The fraction of sp³-hybridized carbons (Fsp3) is 0.150. The van der Waals surface area contributed by atoms with Crippen LogP contribution in [-0.2, 0) is 11.3 Å². The van der Waals surface area contributed by atoms with Gasteiger partial charge in [0.25, 0.3) is 0 Å². The highest BCUT2D eigenvalue weighted by molar-refractivity contribution is 9.10. The maximum atomic E-state index is 12.3. The summed E-state index contributed by atoms with van der Waals surface area (Å²) in [6.07, 6.45) is 0. The zero-order chi connectivity index (χ0) is 21.3. The molecule has 0 atom stereocenters. The van der Waals surface area contributed by atoms with E-state index >= 15 is 0 Å². The summed E-state index contributed by atoms with van der Waals surface area (Å²) in [7, 11) is 0. The van der Waals surface area contributed by atoms with Crippen molar-refractivity contribution >= 4 is 73.5 Å². The van der Waals surface area contributed by atoms with E-state index in [4.69, 9.17) is 27.6 Å². The SMILES string of the molecule is CCn1c(SCC(=O)Nc2ccc(Br)c(Cl)c2)nnc1-c1cc2cc(Cl)ccc2o1. The molecule has 0 aliphatic rings. The molecule has 154 valence electrons. The van der Waals surface area contributed by atoms with Gasteiger partial charge in [0.05, 0.1) is 10.8 Å². The molecule has 10 heteroatoms. The number of nitrogens with zero attached hydrogens (tertiary/aromatic N) is 3. The van der Waals surface area contributed by atoms with Gasteiger partial charge >= 0.3 is 0 Å². The lowest BCUT2D eigenvalue weighted by atomic mass is 10.2. The third-order valence-corrected chi connectivity index (χ3v) is 6.70. The van der Waals surface area contributed by atoms with Crippen molar-refractivity contribution in [1.82, 2.24) is 14.8 Å². The number of halogens is 3. The largest absolute Gasteiger partial charge is 0.453 e. The van der Waals surface area contributed by atoms with Gasteiger partial charge in [-0.3, -0.25) is 9.36 Å². The average molecular weight is 526 g/mol. The van der Waals surface area contributed by atoms with Gasteiger partial charge in [0.15, 0.2) is 10.9 Å². The van der Waals surface area contributed by atoms with Gasteiger partial charge in [0.2, 0.25) is 11.7 Å². The lowest BCUT2D eigenvalue weighted by Crippen LogP contribution is -2.14. The second kappa shape index (κ2) is 9.01. The van der Waals surface area contributed by atoms with Gasteiger partial charge in [-0.25, -0.2) is 0 Å². The Hall–Kier alpha value is -2.00. The lowest BCUT2D eigenvalue weighted by molar-refractivity contribution is -0.113. The van der Waals surface area contributed by atoms with Gasteiger partial charge in [-0.05, 0) is 65.3 Å². The van der Waals surface area contributed by atoms with Crippen LogP contribution >= 0.6 is 50.9 Å². The molecule has 2 aromatic carbocycles. The Bertz CT molecular complexity index is 1240. The molecule has 2 heterocycles. The van der Waals surface area contributed by atoms with Gasteiger partial charge in [-0.2, -0.15) is 0 Å². The smallest absolute Gasteiger partial charge is 0.234 e. The van der Waals surface area contributed by atoms with Gasteiger partial charge in [0, 0.05) is 27.1 Å². The van der Waals surface area contributed by atoms with E-state index < -0.39 is 0 Å².